The molecule has 138 valence electrons. The molecule has 0 aliphatic carbocycles. The van der Waals surface area contributed by atoms with E-state index in [1.807, 2.05) is 18.2 Å². The lowest BCUT2D eigenvalue weighted by atomic mass is 10.1. The van der Waals surface area contributed by atoms with Crippen LogP contribution in [0.4, 0.5) is 5.69 Å². The maximum Gasteiger partial charge on any atom is 0.338 e. The lowest BCUT2D eigenvalue weighted by Gasteiger charge is -2.08. The molecule has 0 spiro atoms. The van der Waals surface area contributed by atoms with E-state index in [1.165, 1.54) is 0 Å². The maximum atomic E-state index is 12.3. The van der Waals surface area contributed by atoms with Gasteiger partial charge in [0.2, 0.25) is 5.91 Å². The number of rotatable bonds is 5. The number of esters is 1. The van der Waals surface area contributed by atoms with Crippen LogP contribution in [0.5, 0.6) is 0 Å². The Balaban J connectivity index is 1.68. The molecule has 0 atom stereocenters. The van der Waals surface area contributed by atoms with Gasteiger partial charge in [-0.05, 0) is 67.3 Å². The summed E-state index contributed by atoms with van der Waals surface area (Å²) in [5.41, 5.74) is 3.15. The van der Waals surface area contributed by atoms with Crippen LogP contribution < -0.4 is 10.9 Å². The number of aryl methyl sites for hydroxylation is 1. The summed E-state index contributed by atoms with van der Waals surface area (Å²) in [7, 11) is 0. The van der Waals surface area contributed by atoms with Crippen molar-refractivity contribution < 1.29 is 14.3 Å². The fourth-order valence-corrected chi connectivity index (χ4v) is 2.77. The second-order valence-electron chi connectivity index (χ2n) is 6.23. The van der Waals surface area contributed by atoms with E-state index in [-0.39, 0.29) is 23.9 Å². The first-order valence-corrected chi connectivity index (χ1v) is 8.66. The fraction of sp³-hybridized carbons (Fsp3) is 0.190. The number of H-pyrrole nitrogens is 1. The normalized spacial score (nSPS) is 10.6. The number of hydrogen-bond acceptors (Lipinski definition) is 4. The number of nitrogens with one attached hydrogen (secondary N) is 2. The fourth-order valence-electron chi connectivity index (χ4n) is 2.77. The highest BCUT2D eigenvalue weighted by molar-refractivity contribution is 5.94. The molecule has 0 bridgehead atoms. The molecule has 3 aromatic rings. The summed E-state index contributed by atoms with van der Waals surface area (Å²) in [6, 6.07) is 13.9. The van der Waals surface area contributed by atoms with Gasteiger partial charge in [-0.25, -0.2) is 4.79 Å². The predicted octanol–water partition coefficient (Wildman–Crippen LogP) is 3.19. The van der Waals surface area contributed by atoms with Crippen LogP contribution >= 0.6 is 0 Å². The SMILES string of the molecule is CCOC(=O)c1ccc(NC(=O)Cc2ccc3[nH]c(=O)c(C)cc3c2)cc1. The quantitative estimate of drug-likeness (QED) is 0.681. The summed E-state index contributed by atoms with van der Waals surface area (Å²) in [6.07, 6.45) is 0.202. The molecular weight excluding hydrogens is 344 g/mol. The van der Waals surface area contributed by atoms with Crippen LogP contribution in [0.1, 0.15) is 28.4 Å². The van der Waals surface area contributed by atoms with Gasteiger partial charge >= 0.3 is 5.97 Å². The van der Waals surface area contributed by atoms with E-state index >= 15 is 0 Å². The van der Waals surface area contributed by atoms with Crippen molar-refractivity contribution >= 4 is 28.5 Å². The summed E-state index contributed by atoms with van der Waals surface area (Å²) in [5.74, 6) is -0.556. The van der Waals surface area contributed by atoms with Crippen LogP contribution in [-0.2, 0) is 16.0 Å². The number of fused-ring (bicyclic) bond motifs is 1. The van der Waals surface area contributed by atoms with E-state index in [4.69, 9.17) is 4.74 Å². The molecule has 6 nitrogen and oxygen atoms in total. The summed E-state index contributed by atoms with van der Waals surface area (Å²) in [4.78, 5) is 38.4. The monoisotopic (exact) mass is 364 g/mol. The molecular formula is C21H20N2O4. The average Bonchev–Trinajstić information content (AvgIpc) is 2.63. The number of carbonyl (C=O) groups excluding carboxylic acids is 2. The van der Waals surface area contributed by atoms with Crippen LogP contribution in [0.15, 0.2) is 53.3 Å². The third-order valence-electron chi connectivity index (χ3n) is 4.14. The number of anilines is 1. The Labute approximate surface area is 156 Å². The number of carbonyl (C=O) groups is 2. The van der Waals surface area contributed by atoms with Gasteiger partial charge < -0.3 is 15.0 Å². The van der Waals surface area contributed by atoms with Crippen LogP contribution in [0.25, 0.3) is 10.9 Å². The highest BCUT2D eigenvalue weighted by Crippen LogP contribution is 2.15. The number of ether oxygens (including phenoxy) is 1. The van der Waals surface area contributed by atoms with Crippen molar-refractivity contribution in [1.82, 2.24) is 4.98 Å². The predicted molar refractivity (Wildman–Crippen MR) is 104 cm³/mol. The topological polar surface area (TPSA) is 88.3 Å². The zero-order valence-corrected chi connectivity index (χ0v) is 15.2. The molecule has 0 unspecified atom stereocenters. The largest absolute Gasteiger partial charge is 0.462 e. The van der Waals surface area contributed by atoms with Crippen LogP contribution in [0, 0.1) is 6.92 Å². The Hall–Kier alpha value is -3.41. The molecule has 0 saturated heterocycles. The van der Waals surface area contributed by atoms with Gasteiger partial charge in [-0.1, -0.05) is 6.07 Å². The number of benzene rings is 2. The average molecular weight is 364 g/mol. The van der Waals surface area contributed by atoms with Crippen molar-refractivity contribution in [3.05, 3.63) is 75.6 Å². The summed E-state index contributed by atoms with van der Waals surface area (Å²) in [6.45, 7) is 3.81. The minimum absolute atomic E-state index is 0.112. The lowest BCUT2D eigenvalue weighted by Crippen LogP contribution is -2.15. The van der Waals surface area contributed by atoms with Crippen molar-refractivity contribution in [1.29, 1.82) is 0 Å². The molecule has 1 aromatic heterocycles. The second kappa shape index (κ2) is 7.86. The third kappa shape index (κ3) is 4.41. The van der Waals surface area contributed by atoms with Gasteiger partial charge in [-0.3, -0.25) is 9.59 Å². The van der Waals surface area contributed by atoms with E-state index in [9.17, 15) is 14.4 Å². The Morgan fingerprint density at radius 1 is 1.07 bits per heavy atom. The lowest BCUT2D eigenvalue weighted by molar-refractivity contribution is -0.115. The smallest absolute Gasteiger partial charge is 0.338 e. The first-order chi connectivity index (χ1) is 13.0. The van der Waals surface area contributed by atoms with Crippen molar-refractivity contribution in [2.24, 2.45) is 0 Å². The van der Waals surface area contributed by atoms with Gasteiger partial charge in [0, 0.05) is 16.8 Å². The minimum Gasteiger partial charge on any atom is -0.462 e. The van der Waals surface area contributed by atoms with E-state index in [0.717, 1.165) is 16.5 Å². The molecule has 3 rings (SSSR count). The summed E-state index contributed by atoms with van der Waals surface area (Å²) < 4.78 is 4.93. The Kier molecular flexibility index (Phi) is 5.35. The highest BCUT2D eigenvalue weighted by atomic mass is 16.5. The van der Waals surface area contributed by atoms with Gasteiger partial charge in [-0.2, -0.15) is 0 Å². The molecule has 0 aliphatic rings. The van der Waals surface area contributed by atoms with Gasteiger partial charge in [0.1, 0.15) is 0 Å². The molecule has 6 heteroatoms. The zero-order chi connectivity index (χ0) is 19.4. The molecule has 1 amide bonds. The Bertz CT molecular complexity index is 1050. The van der Waals surface area contributed by atoms with Crippen molar-refractivity contribution in [3.63, 3.8) is 0 Å². The van der Waals surface area contributed by atoms with Gasteiger partial charge in [0.25, 0.3) is 5.56 Å². The van der Waals surface area contributed by atoms with Gasteiger partial charge in [0.15, 0.2) is 0 Å². The maximum absolute atomic E-state index is 12.3. The number of pyridine rings is 1. The standard InChI is InChI=1S/C21H20N2O4/c1-3-27-21(26)15-5-7-17(8-6-15)22-19(24)12-14-4-9-18-16(11-14)10-13(2)20(25)23-18/h4-11H,3,12H2,1-2H3,(H,22,24)(H,23,25). The first-order valence-electron chi connectivity index (χ1n) is 8.66. The molecule has 2 aromatic carbocycles. The highest BCUT2D eigenvalue weighted by Gasteiger charge is 2.09. The molecule has 0 saturated carbocycles. The molecule has 0 fully saturated rings. The van der Waals surface area contributed by atoms with E-state index in [0.29, 0.717) is 23.4 Å². The van der Waals surface area contributed by atoms with Crippen molar-refractivity contribution in [2.45, 2.75) is 20.3 Å². The van der Waals surface area contributed by atoms with E-state index in [2.05, 4.69) is 10.3 Å². The van der Waals surface area contributed by atoms with Crippen LogP contribution in [0.3, 0.4) is 0 Å². The molecule has 27 heavy (non-hydrogen) atoms. The molecule has 0 radical (unpaired) electrons. The Morgan fingerprint density at radius 3 is 2.52 bits per heavy atom. The molecule has 1 heterocycles. The molecule has 0 aliphatic heterocycles. The third-order valence-corrected chi connectivity index (χ3v) is 4.14. The minimum atomic E-state index is -0.389. The number of aromatic amines is 1. The Morgan fingerprint density at radius 2 is 1.81 bits per heavy atom. The van der Waals surface area contributed by atoms with E-state index < -0.39 is 0 Å². The van der Waals surface area contributed by atoms with Crippen LogP contribution in [0.2, 0.25) is 0 Å². The van der Waals surface area contributed by atoms with Gasteiger partial charge in [0.05, 0.1) is 18.6 Å². The number of hydrogen-bond donors (Lipinski definition) is 2. The first kappa shape index (κ1) is 18.4. The van der Waals surface area contributed by atoms with Crippen molar-refractivity contribution in [2.75, 3.05) is 11.9 Å². The van der Waals surface area contributed by atoms with Crippen molar-refractivity contribution in [3.8, 4) is 0 Å². The summed E-state index contributed by atoms with van der Waals surface area (Å²) in [5, 5.41) is 3.69. The summed E-state index contributed by atoms with van der Waals surface area (Å²) >= 11 is 0. The second-order valence-corrected chi connectivity index (χ2v) is 6.23. The van der Waals surface area contributed by atoms with Gasteiger partial charge in [-0.15, -0.1) is 0 Å². The zero-order valence-electron chi connectivity index (χ0n) is 15.2. The number of amides is 1. The van der Waals surface area contributed by atoms with Crippen LogP contribution in [-0.4, -0.2) is 23.5 Å². The molecule has 2 N–H and O–H groups in total. The number of aromatic nitrogens is 1. The van der Waals surface area contributed by atoms with E-state index in [1.54, 1.807) is 44.2 Å².